The molecule has 0 amide bonds. The lowest BCUT2D eigenvalue weighted by molar-refractivity contribution is -0.121. The van der Waals surface area contributed by atoms with Gasteiger partial charge in [0.1, 0.15) is 17.3 Å². The van der Waals surface area contributed by atoms with Crippen molar-refractivity contribution in [2.24, 2.45) is 0 Å². The van der Waals surface area contributed by atoms with E-state index >= 15 is 0 Å². The molecule has 3 aromatic carbocycles. The highest BCUT2D eigenvalue weighted by atomic mass is 35.5. The van der Waals surface area contributed by atoms with Gasteiger partial charge in [-0.25, -0.2) is 4.98 Å². The lowest BCUT2D eigenvalue weighted by atomic mass is 10.1. The van der Waals surface area contributed by atoms with E-state index < -0.39 is 0 Å². The first-order chi connectivity index (χ1) is 14.7. The van der Waals surface area contributed by atoms with E-state index in [4.69, 9.17) is 26.1 Å². The monoisotopic (exact) mass is 418 g/mol. The number of methoxy groups -OCH3 is 1. The van der Waals surface area contributed by atoms with Crippen molar-refractivity contribution < 1.29 is 14.3 Å². The number of carbonyl (C=O) groups excluding carboxylic acids is 1. The molecule has 0 bridgehead atoms. The van der Waals surface area contributed by atoms with Gasteiger partial charge in [-0.15, -0.1) is 0 Å². The summed E-state index contributed by atoms with van der Waals surface area (Å²) in [5, 5.41) is 0.530. The number of halogens is 1. The number of benzene rings is 3. The zero-order valence-corrected chi connectivity index (χ0v) is 17.0. The number of nitrogens with zero attached hydrogens (tertiary/aromatic N) is 2. The molecule has 0 spiro atoms. The maximum atomic E-state index is 11.4. The summed E-state index contributed by atoms with van der Waals surface area (Å²) in [4.78, 5) is 16.2. The molecule has 0 saturated heterocycles. The van der Waals surface area contributed by atoms with Crippen LogP contribution in [0.1, 0.15) is 5.56 Å². The van der Waals surface area contributed by atoms with Gasteiger partial charge in [-0.1, -0.05) is 72.3 Å². The van der Waals surface area contributed by atoms with Gasteiger partial charge < -0.3 is 9.47 Å². The Morgan fingerprint density at radius 1 is 0.967 bits per heavy atom. The number of carbonyl (C=O) groups is 1. The minimum Gasteiger partial charge on any atom is -0.497 e. The van der Waals surface area contributed by atoms with Crippen LogP contribution in [0.15, 0.2) is 78.9 Å². The van der Waals surface area contributed by atoms with Gasteiger partial charge in [0.05, 0.1) is 18.7 Å². The Hall–Kier alpha value is -3.57. The molecular formula is C24H19ClN2O3. The second kappa shape index (κ2) is 8.84. The van der Waals surface area contributed by atoms with E-state index in [1.807, 2.05) is 77.4 Å². The molecular weight excluding hydrogens is 400 g/mol. The molecule has 0 N–H and O–H groups in total. The van der Waals surface area contributed by atoms with Gasteiger partial charge in [-0.3, -0.25) is 9.36 Å². The number of hydrogen-bond donors (Lipinski definition) is 0. The van der Waals surface area contributed by atoms with Crippen molar-refractivity contribution in [1.82, 2.24) is 9.55 Å². The van der Waals surface area contributed by atoms with Crippen LogP contribution in [0.25, 0.3) is 22.6 Å². The zero-order chi connectivity index (χ0) is 20.9. The van der Waals surface area contributed by atoms with Crippen LogP contribution in [0.3, 0.4) is 0 Å². The van der Waals surface area contributed by atoms with Crippen LogP contribution in [0.2, 0.25) is 5.02 Å². The minimum absolute atomic E-state index is 0.341. The molecule has 4 rings (SSSR count). The Labute approximate surface area is 179 Å². The van der Waals surface area contributed by atoms with Crippen molar-refractivity contribution >= 4 is 18.1 Å². The highest BCUT2D eigenvalue weighted by molar-refractivity contribution is 6.33. The molecule has 6 heteroatoms. The van der Waals surface area contributed by atoms with Gasteiger partial charge in [0, 0.05) is 11.1 Å². The summed E-state index contributed by atoms with van der Waals surface area (Å²) in [6, 6.07) is 24.8. The summed E-state index contributed by atoms with van der Waals surface area (Å²) in [6.07, 6.45) is 0. The fourth-order valence-corrected chi connectivity index (χ4v) is 3.52. The van der Waals surface area contributed by atoms with Crippen molar-refractivity contribution in [3.05, 3.63) is 89.4 Å². The molecule has 0 aliphatic rings. The molecule has 0 saturated carbocycles. The van der Waals surface area contributed by atoms with Gasteiger partial charge in [0.2, 0.25) is 5.88 Å². The molecule has 1 heterocycles. The highest BCUT2D eigenvalue weighted by Gasteiger charge is 2.23. The topological polar surface area (TPSA) is 53.4 Å². The van der Waals surface area contributed by atoms with Crippen LogP contribution in [0.5, 0.6) is 11.6 Å². The molecule has 150 valence electrons. The number of aromatic nitrogens is 2. The van der Waals surface area contributed by atoms with Crippen molar-refractivity contribution in [2.75, 3.05) is 7.11 Å². The smallest absolute Gasteiger partial charge is 0.299 e. The maximum absolute atomic E-state index is 11.4. The van der Waals surface area contributed by atoms with E-state index in [-0.39, 0.29) is 0 Å². The zero-order valence-electron chi connectivity index (χ0n) is 16.3. The maximum Gasteiger partial charge on any atom is 0.299 e. The molecule has 0 unspecified atom stereocenters. The van der Waals surface area contributed by atoms with Gasteiger partial charge in [-0.05, 0) is 23.8 Å². The average Bonchev–Trinajstić information content (AvgIpc) is 3.13. The molecule has 30 heavy (non-hydrogen) atoms. The molecule has 4 aromatic rings. The van der Waals surface area contributed by atoms with Crippen LogP contribution in [-0.4, -0.2) is 23.1 Å². The van der Waals surface area contributed by atoms with Crippen molar-refractivity contribution in [3.63, 3.8) is 0 Å². The van der Waals surface area contributed by atoms with E-state index in [1.165, 1.54) is 0 Å². The van der Waals surface area contributed by atoms with E-state index in [2.05, 4.69) is 0 Å². The van der Waals surface area contributed by atoms with Crippen LogP contribution >= 0.6 is 11.6 Å². The van der Waals surface area contributed by atoms with E-state index in [0.717, 1.165) is 16.9 Å². The lowest BCUT2D eigenvalue weighted by Gasteiger charge is -2.12. The second-order valence-corrected chi connectivity index (χ2v) is 6.99. The summed E-state index contributed by atoms with van der Waals surface area (Å²) in [6.45, 7) is 0.867. The van der Waals surface area contributed by atoms with Gasteiger partial charge in [-0.2, -0.15) is 0 Å². The Balaban J connectivity index is 1.90. The summed E-state index contributed by atoms with van der Waals surface area (Å²) >= 11 is 6.43. The third-order valence-electron chi connectivity index (χ3n) is 4.74. The Bertz CT molecular complexity index is 1160. The highest BCUT2D eigenvalue weighted by Crippen LogP contribution is 2.38. The number of imidazole rings is 1. The molecule has 0 radical (unpaired) electrons. The fraction of sp³-hybridized carbons (Fsp3) is 0.0833. The van der Waals surface area contributed by atoms with Crippen LogP contribution in [0, 0.1) is 0 Å². The first-order valence-corrected chi connectivity index (χ1v) is 9.73. The second-order valence-electron chi connectivity index (χ2n) is 6.58. The third kappa shape index (κ3) is 3.93. The quantitative estimate of drug-likeness (QED) is 0.374. The van der Waals surface area contributed by atoms with Gasteiger partial charge in [0.25, 0.3) is 6.47 Å². The molecule has 0 atom stereocenters. The van der Waals surface area contributed by atoms with Crippen LogP contribution in [-0.2, 0) is 11.3 Å². The van der Waals surface area contributed by atoms with Crippen LogP contribution < -0.4 is 9.47 Å². The predicted octanol–water partition coefficient (Wildman–Crippen LogP) is 5.46. The van der Waals surface area contributed by atoms with E-state index in [9.17, 15) is 4.79 Å². The Morgan fingerprint density at radius 3 is 2.33 bits per heavy atom. The molecule has 5 nitrogen and oxygen atoms in total. The predicted molar refractivity (Wildman–Crippen MR) is 117 cm³/mol. The first kappa shape index (κ1) is 19.7. The van der Waals surface area contributed by atoms with E-state index in [1.54, 1.807) is 13.2 Å². The van der Waals surface area contributed by atoms with Crippen LogP contribution in [0.4, 0.5) is 0 Å². The summed E-state index contributed by atoms with van der Waals surface area (Å²) in [5.74, 6) is 1.79. The molecule has 0 aliphatic carbocycles. The normalized spacial score (nSPS) is 10.6. The largest absolute Gasteiger partial charge is 0.497 e. The summed E-state index contributed by atoms with van der Waals surface area (Å²) in [7, 11) is 1.63. The van der Waals surface area contributed by atoms with Gasteiger partial charge >= 0.3 is 0 Å². The molecule has 0 fully saturated rings. The van der Waals surface area contributed by atoms with Crippen molar-refractivity contribution in [1.29, 1.82) is 0 Å². The number of hydrogen-bond acceptors (Lipinski definition) is 4. The first-order valence-electron chi connectivity index (χ1n) is 9.35. The van der Waals surface area contributed by atoms with Crippen molar-refractivity contribution in [3.8, 4) is 34.3 Å². The molecule has 0 aliphatic heterocycles. The Kier molecular flexibility index (Phi) is 5.82. The SMILES string of the molecule is COc1ccc(Cn2c(-c3ccccc3)nc(-c3ccccc3Cl)c2OC=O)cc1. The average molecular weight is 419 g/mol. The summed E-state index contributed by atoms with van der Waals surface area (Å²) in [5.41, 5.74) is 3.12. The summed E-state index contributed by atoms with van der Waals surface area (Å²) < 4.78 is 12.6. The van der Waals surface area contributed by atoms with Gasteiger partial charge in [0.15, 0.2) is 0 Å². The third-order valence-corrected chi connectivity index (χ3v) is 5.07. The van der Waals surface area contributed by atoms with Crippen molar-refractivity contribution in [2.45, 2.75) is 6.54 Å². The van der Waals surface area contributed by atoms with E-state index in [0.29, 0.717) is 41.0 Å². The fourth-order valence-electron chi connectivity index (χ4n) is 3.30. The minimum atomic E-state index is 0.341. The standard InChI is InChI=1S/C24H19ClN2O3/c1-29-19-13-11-17(12-14-19)15-27-23(18-7-3-2-4-8-18)26-22(24(27)30-16-28)20-9-5-6-10-21(20)25/h2-14,16H,15H2,1H3. The number of ether oxygens (including phenoxy) is 2. The Morgan fingerprint density at radius 2 is 1.67 bits per heavy atom. The molecule has 1 aromatic heterocycles. The number of rotatable bonds is 7. The lowest BCUT2D eigenvalue weighted by Crippen LogP contribution is -2.06.